The summed E-state index contributed by atoms with van der Waals surface area (Å²) in [5, 5.41) is 15.2. The van der Waals surface area contributed by atoms with Crippen LogP contribution in [0.25, 0.3) is 0 Å². The van der Waals surface area contributed by atoms with E-state index < -0.39 is 6.10 Å². The molecule has 1 N–H and O–H groups in total. The second kappa shape index (κ2) is 7.27. The van der Waals surface area contributed by atoms with Crippen LogP contribution in [-0.4, -0.2) is 35.2 Å². The molecule has 1 aromatic rings. The maximum Gasteiger partial charge on any atom is 0.162 e. The van der Waals surface area contributed by atoms with E-state index in [1.807, 2.05) is 18.5 Å². The summed E-state index contributed by atoms with van der Waals surface area (Å²) < 4.78 is 12.9. The molecule has 1 aliphatic carbocycles. The summed E-state index contributed by atoms with van der Waals surface area (Å²) in [5.41, 5.74) is 0.727. The molecule has 1 heterocycles. The highest BCUT2D eigenvalue weighted by Gasteiger charge is 2.34. The Morgan fingerprint density at radius 3 is 2.43 bits per heavy atom. The van der Waals surface area contributed by atoms with Crippen molar-refractivity contribution in [3.8, 4) is 5.75 Å². The number of nitrogens with zero attached hydrogens (tertiary/aromatic N) is 2. The first-order valence-electron chi connectivity index (χ1n) is 7.92. The summed E-state index contributed by atoms with van der Waals surface area (Å²) in [4.78, 5) is 0. The van der Waals surface area contributed by atoms with Gasteiger partial charge in [0.1, 0.15) is 11.8 Å². The van der Waals surface area contributed by atoms with Gasteiger partial charge in [-0.25, -0.2) is 0 Å². The molecule has 2 atom stereocenters. The zero-order valence-corrected chi connectivity index (χ0v) is 13.6. The molecule has 0 spiro atoms. The van der Waals surface area contributed by atoms with E-state index in [0.29, 0.717) is 11.7 Å². The van der Waals surface area contributed by atoms with Crippen molar-refractivity contribution >= 4 is 0 Å². The molecule has 1 saturated carbocycles. The monoisotopic (exact) mass is 296 g/mol. The van der Waals surface area contributed by atoms with Gasteiger partial charge in [0.05, 0.1) is 19.4 Å². The fourth-order valence-electron chi connectivity index (χ4n) is 3.40. The molecular formula is C16H28N2O3. The van der Waals surface area contributed by atoms with Gasteiger partial charge < -0.3 is 14.6 Å². The van der Waals surface area contributed by atoms with E-state index in [-0.39, 0.29) is 12.1 Å². The first-order valence-corrected chi connectivity index (χ1v) is 7.92. The third kappa shape index (κ3) is 3.40. The third-order valence-electron chi connectivity index (χ3n) is 4.49. The van der Waals surface area contributed by atoms with Crippen LogP contribution in [-0.2, 0) is 4.74 Å². The van der Waals surface area contributed by atoms with Gasteiger partial charge in [-0.05, 0) is 32.6 Å². The van der Waals surface area contributed by atoms with Gasteiger partial charge in [0.2, 0.25) is 0 Å². The highest BCUT2D eigenvalue weighted by atomic mass is 16.5. The highest BCUT2D eigenvalue weighted by Crippen LogP contribution is 2.37. The number of hydrogen-bond acceptors (Lipinski definition) is 4. The predicted molar refractivity (Wildman–Crippen MR) is 81.5 cm³/mol. The molecule has 2 unspecified atom stereocenters. The molecule has 1 fully saturated rings. The summed E-state index contributed by atoms with van der Waals surface area (Å²) in [5.74, 6) is 1.04. The van der Waals surface area contributed by atoms with Gasteiger partial charge in [-0.1, -0.05) is 19.3 Å². The molecule has 0 aliphatic heterocycles. The Balaban J connectivity index is 2.27. The van der Waals surface area contributed by atoms with Gasteiger partial charge in [0.25, 0.3) is 0 Å². The Hall–Kier alpha value is -1.07. The van der Waals surface area contributed by atoms with E-state index in [0.717, 1.165) is 18.5 Å². The maximum absolute atomic E-state index is 10.9. The minimum atomic E-state index is -0.710. The van der Waals surface area contributed by atoms with Crippen LogP contribution >= 0.6 is 0 Å². The summed E-state index contributed by atoms with van der Waals surface area (Å²) in [6.07, 6.45) is 6.73. The Bertz CT molecular complexity index is 439. The van der Waals surface area contributed by atoms with Crippen LogP contribution in [0.3, 0.4) is 0 Å². The number of aliphatic hydroxyl groups excluding tert-OH is 1. The Morgan fingerprint density at radius 1 is 1.24 bits per heavy atom. The third-order valence-corrected chi connectivity index (χ3v) is 4.49. The van der Waals surface area contributed by atoms with Crippen molar-refractivity contribution < 1.29 is 14.6 Å². The van der Waals surface area contributed by atoms with E-state index in [1.54, 1.807) is 20.4 Å². The fraction of sp³-hybridized carbons (Fsp3) is 0.812. The van der Waals surface area contributed by atoms with Crippen LogP contribution in [0.15, 0.2) is 6.20 Å². The van der Waals surface area contributed by atoms with Crippen molar-refractivity contribution in [2.75, 3.05) is 14.2 Å². The Kier molecular flexibility index (Phi) is 5.65. The van der Waals surface area contributed by atoms with Gasteiger partial charge in [-0.3, -0.25) is 4.68 Å². The van der Waals surface area contributed by atoms with Crippen LogP contribution < -0.4 is 4.74 Å². The molecule has 0 bridgehead atoms. The smallest absolute Gasteiger partial charge is 0.162 e. The number of ether oxygens (including phenoxy) is 2. The molecule has 1 aliphatic rings. The van der Waals surface area contributed by atoms with E-state index in [4.69, 9.17) is 9.47 Å². The number of rotatable bonds is 6. The van der Waals surface area contributed by atoms with E-state index >= 15 is 0 Å². The first-order chi connectivity index (χ1) is 10.1. The van der Waals surface area contributed by atoms with Crippen molar-refractivity contribution in [1.82, 2.24) is 9.78 Å². The minimum absolute atomic E-state index is 0.169. The standard InChI is InChI=1S/C16H28N2O3/c1-11(2)18-14(13(20-3)10-17-18)15(19)16(21-4)12-8-6-5-7-9-12/h10-12,15-16,19H,5-9H2,1-4H3. The van der Waals surface area contributed by atoms with Crippen molar-refractivity contribution in [3.63, 3.8) is 0 Å². The lowest BCUT2D eigenvalue weighted by Crippen LogP contribution is -2.33. The summed E-state index contributed by atoms with van der Waals surface area (Å²) in [6.45, 7) is 4.09. The number of aliphatic hydroxyl groups is 1. The summed E-state index contributed by atoms with van der Waals surface area (Å²) >= 11 is 0. The van der Waals surface area contributed by atoms with E-state index in [2.05, 4.69) is 5.10 Å². The molecule has 0 aromatic carbocycles. The van der Waals surface area contributed by atoms with Crippen molar-refractivity contribution in [2.45, 2.75) is 64.2 Å². The average Bonchev–Trinajstić information content (AvgIpc) is 2.93. The number of methoxy groups -OCH3 is 2. The van der Waals surface area contributed by atoms with E-state index in [1.165, 1.54) is 19.3 Å². The predicted octanol–water partition coefficient (Wildman–Crippen LogP) is 3.10. The second-order valence-electron chi connectivity index (χ2n) is 6.18. The SMILES string of the molecule is COc1cnn(C(C)C)c1C(O)C(OC)C1CCCCC1. The van der Waals surface area contributed by atoms with Crippen LogP contribution in [0.5, 0.6) is 5.75 Å². The largest absolute Gasteiger partial charge is 0.493 e. The normalized spacial score (nSPS) is 19.7. The van der Waals surface area contributed by atoms with Crippen LogP contribution in [0.2, 0.25) is 0 Å². The molecule has 0 amide bonds. The molecular weight excluding hydrogens is 268 g/mol. The highest BCUT2D eigenvalue weighted by molar-refractivity contribution is 5.28. The zero-order chi connectivity index (χ0) is 15.4. The van der Waals surface area contributed by atoms with Gasteiger partial charge >= 0.3 is 0 Å². The number of aromatic nitrogens is 2. The van der Waals surface area contributed by atoms with Gasteiger partial charge in [-0.15, -0.1) is 0 Å². The van der Waals surface area contributed by atoms with Crippen LogP contribution in [0, 0.1) is 5.92 Å². The Morgan fingerprint density at radius 2 is 1.90 bits per heavy atom. The number of hydrogen-bond donors (Lipinski definition) is 1. The molecule has 0 saturated heterocycles. The van der Waals surface area contributed by atoms with Crippen molar-refractivity contribution in [3.05, 3.63) is 11.9 Å². The fourth-order valence-corrected chi connectivity index (χ4v) is 3.40. The van der Waals surface area contributed by atoms with Gasteiger partial charge in [0.15, 0.2) is 5.75 Å². The van der Waals surface area contributed by atoms with Crippen LogP contribution in [0.4, 0.5) is 0 Å². The van der Waals surface area contributed by atoms with Crippen molar-refractivity contribution in [2.24, 2.45) is 5.92 Å². The lowest BCUT2D eigenvalue weighted by atomic mass is 9.82. The lowest BCUT2D eigenvalue weighted by Gasteiger charge is -2.33. The first kappa shape index (κ1) is 16.3. The summed E-state index contributed by atoms with van der Waals surface area (Å²) in [6, 6.07) is 0.169. The summed E-state index contributed by atoms with van der Waals surface area (Å²) in [7, 11) is 3.30. The Labute approximate surface area is 127 Å². The average molecular weight is 296 g/mol. The molecule has 0 radical (unpaired) electrons. The molecule has 5 heteroatoms. The maximum atomic E-state index is 10.9. The van der Waals surface area contributed by atoms with Gasteiger partial charge in [-0.2, -0.15) is 5.10 Å². The second-order valence-corrected chi connectivity index (χ2v) is 6.18. The molecule has 5 nitrogen and oxygen atoms in total. The molecule has 2 rings (SSSR count). The zero-order valence-electron chi connectivity index (χ0n) is 13.6. The molecule has 1 aromatic heterocycles. The minimum Gasteiger partial charge on any atom is -0.493 e. The van der Waals surface area contributed by atoms with Crippen LogP contribution in [0.1, 0.15) is 63.8 Å². The van der Waals surface area contributed by atoms with E-state index in [9.17, 15) is 5.11 Å². The lowest BCUT2D eigenvalue weighted by molar-refractivity contribution is -0.0602. The topological polar surface area (TPSA) is 56.5 Å². The molecule has 21 heavy (non-hydrogen) atoms. The quantitative estimate of drug-likeness (QED) is 0.876. The molecule has 120 valence electrons. The van der Waals surface area contributed by atoms with Crippen molar-refractivity contribution in [1.29, 1.82) is 0 Å². The van der Waals surface area contributed by atoms with Gasteiger partial charge in [0, 0.05) is 13.2 Å².